The van der Waals surface area contributed by atoms with Crippen LogP contribution < -0.4 is 5.32 Å². The zero-order valence-corrected chi connectivity index (χ0v) is 18.3. The van der Waals surface area contributed by atoms with E-state index in [-0.39, 0.29) is 17.6 Å². The third-order valence-electron chi connectivity index (χ3n) is 4.69. The van der Waals surface area contributed by atoms with Crippen molar-refractivity contribution in [3.8, 4) is 9.88 Å². The predicted molar refractivity (Wildman–Crippen MR) is 120 cm³/mol. The quantitative estimate of drug-likeness (QED) is 0.581. The first-order valence-electron chi connectivity index (χ1n) is 9.49. The van der Waals surface area contributed by atoms with E-state index < -0.39 is 10.8 Å². The van der Waals surface area contributed by atoms with Crippen LogP contribution in [0.4, 0.5) is 5.69 Å². The average molecular weight is 447 g/mol. The number of aromatic nitrogens is 1. The number of thiophene rings is 1. The standard InChI is InChI=1S/C21H22N2O3S3/c24-20(12-17-13-28-21(23-17)19-5-2-10-27-19)22-16-4-1-3-15(11-16)14-29(25)18-6-8-26-9-7-18/h1-5,10-11,13,18H,6-9,12,14H2,(H,22,24). The third-order valence-corrected chi connectivity index (χ3v) is 8.45. The number of hydrogen-bond donors (Lipinski definition) is 1. The lowest BCUT2D eigenvalue weighted by molar-refractivity contribution is -0.115. The van der Waals surface area contributed by atoms with E-state index in [0.717, 1.165) is 39.7 Å². The molecule has 3 aromatic rings. The predicted octanol–water partition coefficient (Wildman–Crippen LogP) is 4.48. The molecule has 1 aliphatic heterocycles. The minimum absolute atomic E-state index is 0.101. The summed E-state index contributed by atoms with van der Waals surface area (Å²) >= 11 is 3.20. The van der Waals surface area contributed by atoms with Gasteiger partial charge in [-0.25, -0.2) is 4.98 Å². The Morgan fingerprint density at radius 2 is 2.07 bits per heavy atom. The molecule has 1 unspecified atom stereocenters. The Hall–Kier alpha value is -1.87. The maximum absolute atomic E-state index is 12.6. The number of carbonyl (C=O) groups excluding carboxylic acids is 1. The number of hydrogen-bond acceptors (Lipinski definition) is 6. The van der Waals surface area contributed by atoms with Gasteiger partial charge in [-0.3, -0.25) is 9.00 Å². The third kappa shape index (κ3) is 5.60. The monoisotopic (exact) mass is 446 g/mol. The Bertz CT molecular complexity index is 979. The molecule has 1 N–H and O–H groups in total. The molecule has 0 saturated carbocycles. The fourth-order valence-electron chi connectivity index (χ4n) is 3.23. The fraction of sp³-hybridized carbons (Fsp3) is 0.333. The van der Waals surface area contributed by atoms with Gasteiger partial charge in [0.05, 0.1) is 17.0 Å². The van der Waals surface area contributed by atoms with Gasteiger partial charge in [-0.15, -0.1) is 22.7 Å². The van der Waals surface area contributed by atoms with Crippen LogP contribution in [0.1, 0.15) is 24.1 Å². The molecule has 1 fully saturated rings. The largest absolute Gasteiger partial charge is 0.381 e. The van der Waals surface area contributed by atoms with E-state index in [1.807, 2.05) is 47.2 Å². The second kappa shape index (κ2) is 9.75. The number of rotatable bonds is 7. The highest BCUT2D eigenvalue weighted by molar-refractivity contribution is 7.84. The zero-order valence-electron chi connectivity index (χ0n) is 15.8. The summed E-state index contributed by atoms with van der Waals surface area (Å²) in [4.78, 5) is 18.1. The smallest absolute Gasteiger partial charge is 0.230 e. The fourth-order valence-corrected chi connectivity index (χ4v) is 6.33. The molecule has 2 aromatic heterocycles. The van der Waals surface area contributed by atoms with Gasteiger partial charge >= 0.3 is 0 Å². The molecule has 1 amide bonds. The average Bonchev–Trinajstić information content (AvgIpc) is 3.41. The van der Waals surface area contributed by atoms with Gasteiger partial charge in [0.2, 0.25) is 5.91 Å². The van der Waals surface area contributed by atoms with Crippen molar-refractivity contribution < 1.29 is 13.7 Å². The lowest BCUT2D eigenvalue weighted by Gasteiger charge is -2.21. The minimum atomic E-state index is -0.922. The van der Waals surface area contributed by atoms with Crippen molar-refractivity contribution >= 4 is 45.1 Å². The summed E-state index contributed by atoms with van der Waals surface area (Å²) < 4.78 is 18.0. The van der Waals surface area contributed by atoms with Crippen molar-refractivity contribution in [3.05, 3.63) is 58.4 Å². The van der Waals surface area contributed by atoms with Gasteiger partial charge in [-0.1, -0.05) is 18.2 Å². The van der Waals surface area contributed by atoms with Gasteiger partial charge < -0.3 is 10.1 Å². The topological polar surface area (TPSA) is 68.3 Å². The summed E-state index contributed by atoms with van der Waals surface area (Å²) in [6, 6.07) is 11.6. The van der Waals surface area contributed by atoms with Crippen molar-refractivity contribution in [2.45, 2.75) is 30.3 Å². The summed E-state index contributed by atoms with van der Waals surface area (Å²) in [5.41, 5.74) is 2.47. The summed E-state index contributed by atoms with van der Waals surface area (Å²) in [6.07, 6.45) is 1.94. The first kappa shape index (κ1) is 20.4. The molecule has 152 valence electrons. The number of nitrogens with zero attached hydrogens (tertiary/aromatic N) is 1. The number of benzene rings is 1. The molecule has 3 heterocycles. The van der Waals surface area contributed by atoms with Crippen LogP contribution in [0.3, 0.4) is 0 Å². The lowest BCUT2D eigenvalue weighted by atomic mass is 10.2. The van der Waals surface area contributed by atoms with Crippen molar-refractivity contribution in [2.24, 2.45) is 0 Å². The molecule has 1 saturated heterocycles. The van der Waals surface area contributed by atoms with Crippen molar-refractivity contribution in [3.63, 3.8) is 0 Å². The van der Waals surface area contributed by atoms with Gasteiger partial charge in [0.15, 0.2) is 0 Å². The Balaban J connectivity index is 1.34. The number of carbonyl (C=O) groups is 1. The molecule has 1 aliphatic rings. The molecule has 0 aliphatic carbocycles. The SMILES string of the molecule is O=C(Cc1csc(-c2cccs2)n1)Nc1cccc(CS(=O)C2CCOCC2)c1. The van der Waals surface area contributed by atoms with Crippen LogP contribution >= 0.6 is 22.7 Å². The minimum Gasteiger partial charge on any atom is -0.381 e. The molecule has 4 rings (SSSR count). The maximum Gasteiger partial charge on any atom is 0.230 e. The normalized spacial score (nSPS) is 15.9. The van der Waals surface area contributed by atoms with Crippen molar-refractivity contribution in [1.29, 1.82) is 0 Å². The molecule has 1 aromatic carbocycles. The molecular weight excluding hydrogens is 424 g/mol. The van der Waals surface area contributed by atoms with Gasteiger partial charge in [0.1, 0.15) is 5.01 Å². The van der Waals surface area contributed by atoms with Gasteiger partial charge in [-0.05, 0) is 42.0 Å². The highest BCUT2D eigenvalue weighted by Gasteiger charge is 2.20. The summed E-state index contributed by atoms with van der Waals surface area (Å²) in [6.45, 7) is 1.38. The van der Waals surface area contributed by atoms with Crippen molar-refractivity contribution in [1.82, 2.24) is 4.98 Å². The number of anilines is 1. The van der Waals surface area contributed by atoms with E-state index in [9.17, 15) is 9.00 Å². The number of thiazole rings is 1. The molecule has 29 heavy (non-hydrogen) atoms. The molecule has 0 bridgehead atoms. The summed E-state index contributed by atoms with van der Waals surface area (Å²) in [5.74, 6) is 0.403. The highest BCUT2D eigenvalue weighted by Crippen LogP contribution is 2.28. The Kier molecular flexibility index (Phi) is 6.86. The van der Waals surface area contributed by atoms with E-state index in [1.165, 1.54) is 0 Å². The van der Waals surface area contributed by atoms with E-state index in [0.29, 0.717) is 19.0 Å². The lowest BCUT2D eigenvalue weighted by Crippen LogP contribution is -2.25. The number of ether oxygens (including phenoxy) is 1. The van der Waals surface area contributed by atoms with E-state index in [2.05, 4.69) is 10.3 Å². The van der Waals surface area contributed by atoms with Crippen molar-refractivity contribution in [2.75, 3.05) is 18.5 Å². The molecule has 1 atom stereocenters. The van der Waals surface area contributed by atoms with Crippen LogP contribution in [-0.2, 0) is 32.5 Å². The highest BCUT2D eigenvalue weighted by atomic mass is 32.2. The molecule has 5 nitrogen and oxygen atoms in total. The first-order valence-corrected chi connectivity index (χ1v) is 12.6. The van der Waals surface area contributed by atoms with Gasteiger partial charge in [0.25, 0.3) is 0 Å². The molecule has 0 radical (unpaired) electrons. The van der Waals surface area contributed by atoms with Crippen LogP contribution in [0.5, 0.6) is 0 Å². The number of nitrogens with one attached hydrogen (secondary N) is 1. The van der Waals surface area contributed by atoms with E-state index >= 15 is 0 Å². The second-order valence-electron chi connectivity index (χ2n) is 6.88. The van der Waals surface area contributed by atoms with E-state index in [1.54, 1.807) is 22.7 Å². The van der Waals surface area contributed by atoms with Gasteiger partial charge in [0, 0.05) is 46.1 Å². The Labute approximate surface area is 180 Å². The Morgan fingerprint density at radius 1 is 1.21 bits per heavy atom. The molecule has 0 spiro atoms. The summed E-state index contributed by atoms with van der Waals surface area (Å²) in [5, 5.41) is 8.03. The summed E-state index contributed by atoms with van der Waals surface area (Å²) in [7, 11) is -0.922. The number of amides is 1. The molecular formula is C21H22N2O3S3. The van der Waals surface area contributed by atoms with E-state index in [4.69, 9.17) is 4.74 Å². The second-order valence-corrected chi connectivity index (χ2v) is 10.4. The van der Waals surface area contributed by atoms with Crippen LogP contribution in [0, 0.1) is 0 Å². The maximum atomic E-state index is 12.6. The first-order chi connectivity index (χ1) is 14.2. The van der Waals surface area contributed by atoms with Crippen LogP contribution in [0.25, 0.3) is 9.88 Å². The van der Waals surface area contributed by atoms with Crippen LogP contribution in [-0.4, -0.2) is 33.6 Å². The Morgan fingerprint density at radius 3 is 2.86 bits per heavy atom. The zero-order chi connectivity index (χ0) is 20.1. The van der Waals surface area contributed by atoms with Crippen LogP contribution in [0.15, 0.2) is 47.2 Å². The molecule has 8 heteroatoms. The van der Waals surface area contributed by atoms with Crippen LogP contribution in [0.2, 0.25) is 0 Å². The van der Waals surface area contributed by atoms with Gasteiger partial charge in [-0.2, -0.15) is 0 Å².